The number of nitrogens with zero attached hydrogens (tertiary/aromatic N) is 1. The van der Waals surface area contributed by atoms with Crippen molar-refractivity contribution in [2.45, 2.75) is 39.0 Å². The van der Waals surface area contributed by atoms with Crippen LogP contribution in [-0.2, 0) is 9.59 Å². The van der Waals surface area contributed by atoms with E-state index in [4.69, 9.17) is 0 Å². The maximum absolute atomic E-state index is 11.3. The maximum Gasteiger partial charge on any atom is 0.222 e. The number of ketones is 1. The lowest BCUT2D eigenvalue weighted by Gasteiger charge is -2.26. The quantitative estimate of drug-likeness (QED) is 0.660. The molecule has 1 aliphatic rings. The van der Waals surface area contributed by atoms with Crippen molar-refractivity contribution in [2.24, 2.45) is 0 Å². The van der Waals surface area contributed by atoms with Gasteiger partial charge in [0.15, 0.2) is 0 Å². The molecule has 3 heteroatoms. The van der Waals surface area contributed by atoms with Crippen LogP contribution in [0.2, 0.25) is 0 Å². The molecule has 1 aliphatic heterocycles. The first-order valence-corrected chi connectivity index (χ1v) is 4.97. The van der Waals surface area contributed by atoms with Crippen LogP contribution in [-0.4, -0.2) is 29.7 Å². The molecule has 0 saturated carbocycles. The molecule has 13 heavy (non-hydrogen) atoms. The molecule has 0 radical (unpaired) electrons. The molecule has 0 spiro atoms. The third-order valence-corrected chi connectivity index (χ3v) is 2.38. The molecule has 1 fully saturated rings. The number of amides is 1. The molecular formula is C10H17NO2. The Bertz CT molecular complexity index is 201. The molecule has 1 amide bonds. The number of piperidine rings is 1. The molecule has 1 heterocycles. The smallest absolute Gasteiger partial charge is 0.222 e. The van der Waals surface area contributed by atoms with E-state index in [1.165, 1.54) is 0 Å². The summed E-state index contributed by atoms with van der Waals surface area (Å²) < 4.78 is 0. The molecule has 0 aromatic heterocycles. The summed E-state index contributed by atoms with van der Waals surface area (Å²) in [5.41, 5.74) is 0. The van der Waals surface area contributed by atoms with Crippen LogP contribution >= 0.6 is 0 Å². The van der Waals surface area contributed by atoms with Crippen LogP contribution in [0.25, 0.3) is 0 Å². The summed E-state index contributed by atoms with van der Waals surface area (Å²) in [6.07, 6.45) is 4.26. The van der Waals surface area contributed by atoms with Gasteiger partial charge in [-0.05, 0) is 26.2 Å². The zero-order chi connectivity index (χ0) is 9.68. The van der Waals surface area contributed by atoms with Gasteiger partial charge in [0.05, 0.1) is 0 Å². The molecule has 0 aromatic carbocycles. The van der Waals surface area contributed by atoms with E-state index >= 15 is 0 Å². The molecule has 0 N–H and O–H groups in total. The third kappa shape index (κ3) is 3.57. The Morgan fingerprint density at radius 2 is 2.23 bits per heavy atom. The van der Waals surface area contributed by atoms with E-state index in [0.29, 0.717) is 12.8 Å². The van der Waals surface area contributed by atoms with Crippen LogP contribution in [0.3, 0.4) is 0 Å². The second kappa shape index (κ2) is 5.00. The first kappa shape index (κ1) is 10.2. The standard InChI is InChI=1S/C10H17NO2/c1-9(12)5-4-8-11-7-3-2-6-10(11)13/h2-8H2,1H3. The number of hydrogen-bond acceptors (Lipinski definition) is 2. The minimum Gasteiger partial charge on any atom is -0.343 e. The summed E-state index contributed by atoms with van der Waals surface area (Å²) in [5, 5.41) is 0. The SMILES string of the molecule is CC(=O)CCCN1CCCCC1=O. The second-order valence-electron chi connectivity index (χ2n) is 3.64. The maximum atomic E-state index is 11.3. The van der Waals surface area contributed by atoms with E-state index in [9.17, 15) is 9.59 Å². The number of carbonyl (C=O) groups excluding carboxylic acids is 2. The summed E-state index contributed by atoms with van der Waals surface area (Å²) in [7, 11) is 0. The monoisotopic (exact) mass is 183 g/mol. The Kier molecular flexibility index (Phi) is 3.93. The fourth-order valence-corrected chi connectivity index (χ4v) is 1.62. The average Bonchev–Trinajstić information content (AvgIpc) is 2.08. The second-order valence-corrected chi connectivity index (χ2v) is 3.64. The number of likely N-dealkylation sites (tertiary alicyclic amines) is 1. The van der Waals surface area contributed by atoms with Crippen molar-refractivity contribution < 1.29 is 9.59 Å². The van der Waals surface area contributed by atoms with Gasteiger partial charge in [-0.3, -0.25) is 4.79 Å². The number of Topliss-reactive ketones (excluding diaryl/α,β-unsaturated/α-hetero) is 1. The number of carbonyl (C=O) groups is 2. The summed E-state index contributed by atoms with van der Waals surface area (Å²) >= 11 is 0. The highest BCUT2D eigenvalue weighted by molar-refractivity contribution is 5.77. The van der Waals surface area contributed by atoms with E-state index in [1.807, 2.05) is 4.90 Å². The van der Waals surface area contributed by atoms with Gasteiger partial charge in [-0.15, -0.1) is 0 Å². The summed E-state index contributed by atoms with van der Waals surface area (Å²) in [5.74, 6) is 0.472. The summed E-state index contributed by atoms with van der Waals surface area (Å²) in [4.78, 5) is 23.9. The Morgan fingerprint density at radius 3 is 2.85 bits per heavy atom. The number of hydrogen-bond donors (Lipinski definition) is 0. The van der Waals surface area contributed by atoms with E-state index in [1.54, 1.807) is 6.92 Å². The van der Waals surface area contributed by atoms with Gasteiger partial charge in [-0.1, -0.05) is 0 Å². The molecule has 0 atom stereocenters. The fourth-order valence-electron chi connectivity index (χ4n) is 1.62. The van der Waals surface area contributed by atoms with Gasteiger partial charge in [0.1, 0.15) is 5.78 Å². The molecule has 74 valence electrons. The molecule has 3 nitrogen and oxygen atoms in total. The van der Waals surface area contributed by atoms with Crippen LogP contribution in [0.4, 0.5) is 0 Å². The third-order valence-electron chi connectivity index (χ3n) is 2.38. The van der Waals surface area contributed by atoms with Gasteiger partial charge in [0, 0.05) is 25.9 Å². The Balaban J connectivity index is 2.19. The van der Waals surface area contributed by atoms with Gasteiger partial charge >= 0.3 is 0 Å². The zero-order valence-corrected chi connectivity index (χ0v) is 8.21. The fraction of sp³-hybridized carbons (Fsp3) is 0.800. The lowest BCUT2D eigenvalue weighted by Crippen LogP contribution is -2.36. The average molecular weight is 183 g/mol. The molecule has 0 aliphatic carbocycles. The molecule has 1 rings (SSSR count). The Hall–Kier alpha value is -0.860. The van der Waals surface area contributed by atoms with Crippen LogP contribution in [0.5, 0.6) is 0 Å². The predicted octanol–water partition coefficient (Wildman–Crippen LogP) is 1.37. The van der Waals surface area contributed by atoms with Gasteiger partial charge in [0.2, 0.25) is 5.91 Å². The van der Waals surface area contributed by atoms with E-state index in [-0.39, 0.29) is 11.7 Å². The zero-order valence-electron chi connectivity index (χ0n) is 8.21. The van der Waals surface area contributed by atoms with Crippen LogP contribution in [0.15, 0.2) is 0 Å². The van der Waals surface area contributed by atoms with E-state index in [0.717, 1.165) is 32.4 Å². The molecular weight excluding hydrogens is 166 g/mol. The van der Waals surface area contributed by atoms with Gasteiger partial charge in [-0.25, -0.2) is 0 Å². The summed E-state index contributed by atoms with van der Waals surface area (Å²) in [6, 6.07) is 0. The van der Waals surface area contributed by atoms with Gasteiger partial charge in [0.25, 0.3) is 0 Å². The van der Waals surface area contributed by atoms with Crippen molar-refractivity contribution >= 4 is 11.7 Å². The molecule has 0 aromatic rings. The van der Waals surface area contributed by atoms with Crippen molar-refractivity contribution in [1.82, 2.24) is 4.90 Å². The van der Waals surface area contributed by atoms with Crippen molar-refractivity contribution in [3.63, 3.8) is 0 Å². The highest BCUT2D eigenvalue weighted by atomic mass is 16.2. The van der Waals surface area contributed by atoms with E-state index in [2.05, 4.69) is 0 Å². The van der Waals surface area contributed by atoms with E-state index < -0.39 is 0 Å². The van der Waals surface area contributed by atoms with Gasteiger partial charge < -0.3 is 9.69 Å². The normalized spacial score (nSPS) is 17.6. The highest BCUT2D eigenvalue weighted by Crippen LogP contribution is 2.11. The first-order valence-electron chi connectivity index (χ1n) is 4.97. The lowest BCUT2D eigenvalue weighted by atomic mass is 10.1. The Labute approximate surface area is 79.1 Å². The van der Waals surface area contributed by atoms with Crippen LogP contribution in [0, 0.1) is 0 Å². The molecule has 1 saturated heterocycles. The lowest BCUT2D eigenvalue weighted by molar-refractivity contribution is -0.133. The van der Waals surface area contributed by atoms with Crippen molar-refractivity contribution in [3.8, 4) is 0 Å². The molecule has 0 bridgehead atoms. The van der Waals surface area contributed by atoms with Crippen molar-refractivity contribution in [3.05, 3.63) is 0 Å². The predicted molar refractivity (Wildman–Crippen MR) is 50.3 cm³/mol. The Morgan fingerprint density at radius 1 is 1.46 bits per heavy atom. The largest absolute Gasteiger partial charge is 0.343 e. The van der Waals surface area contributed by atoms with Crippen molar-refractivity contribution in [2.75, 3.05) is 13.1 Å². The first-order chi connectivity index (χ1) is 6.20. The van der Waals surface area contributed by atoms with Gasteiger partial charge in [-0.2, -0.15) is 0 Å². The number of rotatable bonds is 4. The van der Waals surface area contributed by atoms with Crippen molar-refractivity contribution in [1.29, 1.82) is 0 Å². The minimum absolute atomic E-state index is 0.212. The highest BCUT2D eigenvalue weighted by Gasteiger charge is 2.16. The molecule has 0 unspecified atom stereocenters. The topological polar surface area (TPSA) is 37.4 Å². The minimum atomic E-state index is 0.212. The van der Waals surface area contributed by atoms with Crippen LogP contribution < -0.4 is 0 Å². The van der Waals surface area contributed by atoms with Crippen LogP contribution in [0.1, 0.15) is 39.0 Å². The summed E-state index contributed by atoms with van der Waals surface area (Å²) in [6.45, 7) is 3.24.